The third-order valence-electron chi connectivity index (χ3n) is 6.13. The maximum atomic E-state index is 12.6. The summed E-state index contributed by atoms with van der Waals surface area (Å²) in [6.07, 6.45) is -0.0245. The van der Waals surface area contributed by atoms with Crippen molar-refractivity contribution in [2.75, 3.05) is 42.9 Å². The van der Waals surface area contributed by atoms with Crippen LogP contribution < -0.4 is 15.5 Å². The standard InChI is InChI=1S/C23H30N4O2/c1-3-26-10-12-27(13-11-26)18-8-9-20(16(2)14-18)24-23(29)25-22-19-7-5-4-6-17(19)15-21(22)28/h4-9,14,21-22,28H,3,10-13,15H2,1-2H3,(H2,24,25,29)/t21-,22+/m0/s1. The third kappa shape index (κ3) is 4.23. The van der Waals surface area contributed by atoms with E-state index < -0.39 is 6.10 Å². The van der Waals surface area contributed by atoms with Crippen LogP contribution in [0.25, 0.3) is 0 Å². The number of nitrogens with one attached hydrogen (secondary N) is 2. The molecule has 0 saturated carbocycles. The van der Waals surface area contributed by atoms with Gasteiger partial charge in [0.2, 0.25) is 0 Å². The minimum atomic E-state index is -0.594. The predicted molar refractivity (Wildman–Crippen MR) is 117 cm³/mol. The van der Waals surface area contributed by atoms with Crippen LogP contribution >= 0.6 is 0 Å². The Morgan fingerprint density at radius 2 is 1.90 bits per heavy atom. The van der Waals surface area contributed by atoms with Crippen molar-refractivity contribution in [1.82, 2.24) is 10.2 Å². The molecule has 154 valence electrons. The lowest BCUT2D eigenvalue weighted by Gasteiger charge is -2.35. The van der Waals surface area contributed by atoms with E-state index >= 15 is 0 Å². The number of aliphatic hydroxyl groups excluding tert-OH is 1. The number of carbonyl (C=O) groups is 1. The second kappa shape index (κ2) is 8.43. The molecule has 0 unspecified atom stereocenters. The van der Waals surface area contributed by atoms with Crippen LogP contribution in [0.3, 0.4) is 0 Å². The van der Waals surface area contributed by atoms with Gasteiger partial charge in [0.1, 0.15) is 0 Å². The molecule has 2 amide bonds. The van der Waals surface area contributed by atoms with Gasteiger partial charge in [0.25, 0.3) is 0 Å². The van der Waals surface area contributed by atoms with Crippen LogP contribution in [-0.2, 0) is 6.42 Å². The lowest BCUT2D eigenvalue weighted by Crippen LogP contribution is -2.46. The zero-order chi connectivity index (χ0) is 20.4. The smallest absolute Gasteiger partial charge is 0.319 e. The number of piperazine rings is 1. The van der Waals surface area contributed by atoms with Gasteiger partial charge in [-0.15, -0.1) is 0 Å². The molecule has 2 aromatic carbocycles. The van der Waals surface area contributed by atoms with Gasteiger partial charge in [-0.1, -0.05) is 31.2 Å². The summed E-state index contributed by atoms with van der Waals surface area (Å²) < 4.78 is 0. The van der Waals surface area contributed by atoms with E-state index in [1.54, 1.807) is 0 Å². The van der Waals surface area contributed by atoms with E-state index in [1.165, 1.54) is 5.69 Å². The van der Waals surface area contributed by atoms with E-state index in [4.69, 9.17) is 0 Å². The molecule has 0 bridgehead atoms. The Bertz CT molecular complexity index is 877. The van der Waals surface area contributed by atoms with Gasteiger partial charge < -0.3 is 25.5 Å². The first-order chi connectivity index (χ1) is 14.0. The average molecular weight is 395 g/mol. The summed E-state index contributed by atoms with van der Waals surface area (Å²) in [6.45, 7) is 9.55. The molecule has 6 heteroatoms. The maximum Gasteiger partial charge on any atom is 0.319 e. The van der Waals surface area contributed by atoms with Crippen molar-refractivity contribution in [2.24, 2.45) is 0 Å². The molecule has 4 rings (SSSR count). The lowest BCUT2D eigenvalue weighted by molar-refractivity contribution is 0.144. The van der Waals surface area contributed by atoms with Crippen molar-refractivity contribution in [3.8, 4) is 0 Å². The molecule has 0 radical (unpaired) electrons. The number of anilines is 2. The van der Waals surface area contributed by atoms with Gasteiger partial charge in [0, 0.05) is 44.0 Å². The van der Waals surface area contributed by atoms with Crippen molar-refractivity contribution < 1.29 is 9.90 Å². The van der Waals surface area contributed by atoms with Crippen molar-refractivity contribution >= 4 is 17.4 Å². The molecule has 1 aliphatic heterocycles. The van der Waals surface area contributed by atoms with Gasteiger partial charge in [-0.2, -0.15) is 0 Å². The first kappa shape index (κ1) is 19.7. The fraction of sp³-hybridized carbons (Fsp3) is 0.435. The Morgan fingerprint density at radius 3 is 2.62 bits per heavy atom. The highest BCUT2D eigenvalue weighted by atomic mass is 16.3. The van der Waals surface area contributed by atoms with Crippen molar-refractivity contribution in [2.45, 2.75) is 32.4 Å². The molecule has 2 aromatic rings. The summed E-state index contributed by atoms with van der Waals surface area (Å²) in [4.78, 5) is 17.4. The van der Waals surface area contributed by atoms with Gasteiger partial charge in [0.05, 0.1) is 12.1 Å². The monoisotopic (exact) mass is 394 g/mol. The zero-order valence-corrected chi connectivity index (χ0v) is 17.2. The Balaban J connectivity index is 1.39. The topological polar surface area (TPSA) is 67.8 Å². The third-order valence-corrected chi connectivity index (χ3v) is 6.13. The molecule has 2 aliphatic rings. The Morgan fingerprint density at radius 1 is 1.14 bits per heavy atom. The second-order valence-corrected chi connectivity index (χ2v) is 7.97. The minimum absolute atomic E-state index is 0.293. The number of fused-ring (bicyclic) bond motifs is 1. The molecule has 1 fully saturated rings. The Hall–Kier alpha value is -2.57. The number of aliphatic hydroxyl groups is 1. The number of carbonyl (C=O) groups excluding carboxylic acids is 1. The highest BCUT2D eigenvalue weighted by molar-refractivity contribution is 5.90. The first-order valence-electron chi connectivity index (χ1n) is 10.5. The molecule has 2 atom stereocenters. The minimum Gasteiger partial charge on any atom is -0.390 e. The van der Waals surface area contributed by atoms with Gasteiger partial charge in [-0.05, 0) is 48.4 Å². The summed E-state index contributed by atoms with van der Waals surface area (Å²) in [5, 5.41) is 16.2. The summed E-state index contributed by atoms with van der Waals surface area (Å²) in [6, 6.07) is 13.4. The first-order valence-corrected chi connectivity index (χ1v) is 10.5. The molecule has 6 nitrogen and oxygen atoms in total. The zero-order valence-electron chi connectivity index (χ0n) is 17.2. The van der Waals surface area contributed by atoms with Crippen LogP contribution in [0.1, 0.15) is 29.7 Å². The van der Waals surface area contributed by atoms with Crippen LogP contribution in [-0.4, -0.2) is 54.9 Å². The Labute approximate surface area is 172 Å². The highest BCUT2D eigenvalue weighted by Gasteiger charge is 2.31. The fourth-order valence-corrected chi connectivity index (χ4v) is 4.35. The van der Waals surface area contributed by atoms with Crippen molar-refractivity contribution in [1.29, 1.82) is 0 Å². The van der Waals surface area contributed by atoms with Crippen LogP contribution in [0.4, 0.5) is 16.2 Å². The number of aryl methyl sites for hydroxylation is 1. The van der Waals surface area contributed by atoms with Gasteiger partial charge in [-0.3, -0.25) is 0 Å². The fourth-order valence-electron chi connectivity index (χ4n) is 4.35. The van der Waals surface area contributed by atoms with E-state index in [-0.39, 0.29) is 12.1 Å². The normalized spacial score (nSPS) is 21.7. The molecular weight excluding hydrogens is 364 g/mol. The number of hydrogen-bond acceptors (Lipinski definition) is 4. The van der Waals surface area contributed by atoms with E-state index in [0.29, 0.717) is 6.42 Å². The van der Waals surface area contributed by atoms with Crippen LogP contribution in [0.15, 0.2) is 42.5 Å². The van der Waals surface area contributed by atoms with Crippen molar-refractivity contribution in [3.63, 3.8) is 0 Å². The number of urea groups is 1. The van der Waals surface area contributed by atoms with E-state index in [2.05, 4.69) is 39.5 Å². The molecule has 3 N–H and O–H groups in total. The van der Waals surface area contributed by atoms with Crippen LogP contribution in [0.5, 0.6) is 0 Å². The summed E-state index contributed by atoms with van der Waals surface area (Å²) in [5.41, 5.74) is 5.11. The largest absolute Gasteiger partial charge is 0.390 e. The molecule has 29 heavy (non-hydrogen) atoms. The Kier molecular flexibility index (Phi) is 5.74. The van der Waals surface area contributed by atoms with E-state index in [9.17, 15) is 9.90 Å². The van der Waals surface area contributed by atoms with Gasteiger partial charge in [0.15, 0.2) is 0 Å². The quantitative estimate of drug-likeness (QED) is 0.746. The molecular formula is C23H30N4O2. The summed E-state index contributed by atoms with van der Waals surface area (Å²) in [5.74, 6) is 0. The molecule has 0 spiro atoms. The number of nitrogens with zero attached hydrogens (tertiary/aromatic N) is 2. The average Bonchev–Trinajstić information content (AvgIpc) is 3.05. The van der Waals surface area contributed by atoms with E-state index in [1.807, 2.05) is 37.3 Å². The van der Waals surface area contributed by atoms with Crippen LogP contribution in [0.2, 0.25) is 0 Å². The summed E-state index contributed by atoms with van der Waals surface area (Å²) in [7, 11) is 0. The number of likely N-dealkylation sites (N-methyl/N-ethyl adjacent to an activating group) is 1. The highest BCUT2D eigenvalue weighted by Crippen LogP contribution is 2.31. The number of amides is 2. The molecule has 0 aromatic heterocycles. The lowest BCUT2D eigenvalue weighted by atomic mass is 10.1. The number of hydrogen-bond donors (Lipinski definition) is 3. The number of benzene rings is 2. The van der Waals surface area contributed by atoms with Gasteiger partial charge in [-0.25, -0.2) is 4.79 Å². The number of rotatable bonds is 4. The molecule has 1 heterocycles. The predicted octanol–water partition coefficient (Wildman–Crippen LogP) is 2.92. The van der Waals surface area contributed by atoms with Crippen molar-refractivity contribution in [3.05, 3.63) is 59.2 Å². The molecule has 1 aliphatic carbocycles. The van der Waals surface area contributed by atoms with Gasteiger partial charge >= 0.3 is 6.03 Å². The SMILES string of the molecule is CCN1CCN(c2ccc(NC(=O)N[C@@H]3c4ccccc4C[C@@H]3O)c(C)c2)CC1. The summed E-state index contributed by atoms with van der Waals surface area (Å²) >= 11 is 0. The molecule has 1 saturated heterocycles. The maximum absolute atomic E-state index is 12.6. The second-order valence-electron chi connectivity index (χ2n) is 7.97. The van der Waals surface area contributed by atoms with Crippen LogP contribution in [0, 0.1) is 6.92 Å². The van der Waals surface area contributed by atoms with E-state index in [0.717, 1.165) is 55.1 Å².